The summed E-state index contributed by atoms with van der Waals surface area (Å²) in [5.41, 5.74) is 0. The van der Waals surface area contributed by atoms with Gasteiger partial charge in [-0.05, 0) is 12.8 Å². The van der Waals surface area contributed by atoms with Gasteiger partial charge in [0.2, 0.25) is 0 Å². The summed E-state index contributed by atoms with van der Waals surface area (Å²) in [6.45, 7) is 8.00. The van der Waals surface area contributed by atoms with E-state index in [2.05, 4.69) is 10.3 Å². The van der Waals surface area contributed by atoms with Crippen LogP contribution in [0, 0.1) is 0 Å². The van der Waals surface area contributed by atoms with Crippen LogP contribution in [0.2, 0.25) is 0 Å². The molecule has 0 spiro atoms. The molecule has 2 rings (SSSR count). The molecule has 96 valence electrons. The molecule has 0 bridgehead atoms. The minimum absolute atomic E-state index is 0.641. The van der Waals surface area contributed by atoms with Gasteiger partial charge in [-0.3, -0.25) is 0 Å². The van der Waals surface area contributed by atoms with Gasteiger partial charge in [-0.2, -0.15) is 0 Å². The van der Waals surface area contributed by atoms with E-state index in [1.54, 1.807) is 6.20 Å². The fourth-order valence-corrected chi connectivity index (χ4v) is 1.58. The van der Waals surface area contributed by atoms with Crippen LogP contribution in [-0.4, -0.2) is 27.2 Å². The molecule has 1 aliphatic rings. The quantitative estimate of drug-likeness (QED) is 0.805. The molecule has 1 N–H and O–H groups in total. The third kappa shape index (κ3) is 6.56. The van der Waals surface area contributed by atoms with E-state index in [0.717, 1.165) is 7.11 Å². The Balaban J connectivity index is 0. The first-order valence-corrected chi connectivity index (χ1v) is 6.27. The lowest BCUT2D eigenvalue weighted by atomic mass is 10.3. The topological polar surface area (TPSA) is 50.9 Å². The van der Waals surface area contributed by atoms with Gasteiger partial charge in [0.1, 0.15) is 0 Å². The highest BCUT2D eigenvalue weighted by atomic mass is 16.2. The second-order valence-corrected chi connectivity index (χ2v) is 2.82. The Labute approximate surface area is 99.7 Å². The minimum atomic E-state index is 0.641. The number of aliphatic hydroxyl groups is 1. The van der Waals surface area contributed by atoms with E-state index in [9.17, 15) is 0 Å². The van der Waals surface area contributed by atoms with Crippen molar-refractivity contribution in [3.05, 3.63) is 12.4 Å². The van der Waals surface area contributed by atoms with Gasteiger partial charge in [0.05, 0.1) is 12.2 Å². The van der Waals surface area contributed by atoms with E-state index in [1.165, 1.54) is 25.7 Å². The maximum absolute atomic E-state index is 7.00. The first kappa shape index (κ1) is 17.5. The van der Waals surface area contributed by atoms with Crippen LogP contribution < -0.4 is 0 Å². The first-order chi connectivity index (χ1) is 7.97. The van der Waals surface area contributed by atoms with Crippen LogP contribution in [0.3, 0.4) is 0 Å². The molecule has 1 aromatic heterocycles. The molecule has 1 aromatic rings. The van der Waals surface area contributed by atoms with Crippen LogP contribution >= 0.6 is 0 Å². The molecule has 1 aliphatic carbocycles. The molecule has 0 atom stereocenters. The summed E-state index contributed by atoms with van der Waals surface area (Å²) in [7, 11) is 1.00. The molecular weight excluding hydrogens is 202 g/mol. The Morgan fingerprint density at radius 1 is 1.06 bits per heavy atom. The molecule has 0 radical (unpaired) electrons. The van der Waals surface area contributed by atoms with E-state index >= 15 is 0 Å². The van der Waals surface area contributed by atoms with Crippen LogP contribution in [0.1, 0.15) is 59.4 Å². The van der Waals surface area contributed by atoms with E-state index in [4.69, 9.17) is 5.11 Å². The summed E-state index contributed by atoms with van der Waals surface area (Å²) in [5, 5.41) is 14.7. The maximum Gasteiger partial charge on any atom is 0.0693 e. The van der Waals surface area contributed by atoms with Crippen molar-refractivity contribution in [1.29, 1.82) is 0 Å². The average molecular weight is 229 g/mol. The fourth-order valence-electron chi connectivity index (χ4n) is 1.58. The molecule has 0 saturated heterocycles. The highest BCUT2D eigenvalue weighted by Gasteiger charge is 2.16. The summed E-state index contributed by atoms with van der Waals surface area (Å²) >= 11 is 0. The highest BCUT2D eigenvalue weighted by molar-refractivity contribution is 4.76. The summed E-state index contributed by atoms with van der Waals surface area (Å²) in [6.07, 6.45) is 8.97. The lowest BCUT2D eigenvalue weighted by molar-refractivity contribution is 0.399. The van der Waals surface area contributed by atoms with Crippen molar-refractivity contribution in [1.82, 2.24) is 15.0 Å². The maximum atomic E-state index is 7.00. The Morgan fingerprint density at radius 2 is 1.56 bits per heavy atom. The van der Waals surface area contributed by atoms with Gasteiger partial charge in [-0.15, -0.1) is 5.10 Å². The monoisotopic (exact) mass is 229 g/mol. The van der Waals surface area contributed by atoms with E-state index < -0.39 is 0 Å². The highest BCUT2D eigenvalue weighted by Crippen LogP contribution is 2.27. The van der Waals surface area contributed by atoms with E-state index in [-0.39, 0.29) is 0 Å². The lowest BCUT2D eigenvalue weighted by Gasteiger charge is -2.06. The zero-order chi connectivity index (χ0) is 12.8. The third-order valence-electron chi connectivity index (χ3n) is 2.14. The van der Waals surface area contributed by atoms with Crippen LogP contribution in [-0.2, 0) is 0 Å². The molecule has 4 nitrogen and oxygen atoms in total. The van der Waals surface area contributed by atoms with Crippen molar-refractivity contribution in [3.63, 3.8) is 0 Å². The molecule has 1 saturated carbocycles. The second-order valence-electron chi connectivity index (χ2n) is 2.82. The molecule has 1 heterocycles. The minimum Gasteiger partial charge on any atom is -0.400 e. The SMILES string of the molecule is CC.CC.CO.c1cn(C2CCCC2)nn1. The second kappa shape index (κ2) is 14.1. The van der Waals surface area contributed by atoms with E-state index in [1.807, 2.05) is 38.6 Å². The van der Waals surface area contributed by atoms with Crippen LogP contribution in [0.25, 0.3) is 0 Å². The Morgan fingerprint density at radius 3 is 1.94 bits per heavy atom. The molecular formula is C12H27N3O. The van der Waals surface area contributed by atoms with Gasteiger partial charge in [0.25, 0.3) is 0 Å². The molecule has 0 aromatic carbocycles. The third-order valence-corrected chi connectivity index (χ3v) is 2.14. The standard InChI is InChI=1S/C7H11N3.2C2H6.CH4O/c1-2-4-7(3-1)10-6-5-8-9-10;3*1-2/h5-7H,1-4H2;2*1-2H3;2H,1H3. The van der Waals surface area contributed by atoms with Crippen molar-refractivity contribution >= 4 is 0 Å². The lowest BCUT2D eigenvalue weighted by Crippen LogP contribution is -2.04. The average Bonchev–Trinajstić information content (AvgIpc) is 3.09. The Kier molecular flexibility index (Phi) is 15.4. The van der Waals surface area contributed by atoms with Crippen molar-refractivity contribution in [2.24, 2.45) is 0 Å². The normalized spacial score (nSPS) is 13.6. The largest absolute Gasteiger partial charge is 0.400 e. The van der Waals surface area contributed by atoms with Gasteiger partial charge in [0, 0.05) is 13.3 Å². The van der Waals surface area contributed by atoms with Crippen molar-refractivity contribution in [2.45, 2.75) is 59.4 Å². The summed E-state index contributed by atoms with van der Waals surface area (Å²) < 4.78 is 1.98. The smallest absolute Gasteiger partial charge is 0.0693 e. The zero-order valence-corrected chi connectivity index (χ0v) is 11.3. The summed E-state index contributed by atoms with van der Waals surface area (Å²) in [5.74, 6) is 0. The van der Waals surface area contributed by atoms with Crippen LogP contribution in [0.5, 0.6) is 0 Å². The van der Waals surface area contributed by atoms with E-state index in [0.29, 0.717) is 6.04 Å². The van der Waals surface area contributed by atoms with Crippen molar-refractivity contribution < 1.29 is 5.11 Å². The number of nitrogens with zero attached hydrogens (tertiary/aromatic N) is 3. The number of aliphatic hydroxyl groups excluding tert-OH is 1. The molecule has 0 amide bonds. The van der Waals surface area contributed by atoms with Crippen molar-refractivity contribution in [2.75, 3.05) is 7.11 Å². The number of rotatable bonds is 1. The van der Waals surface area contributed by atoms with Crippen LogP contribution in [0.4, 0.5) is 0 Å². The molecule has 4 heteroatoms. The number of aromatic nitrogens is 3. The fraction of sp³-hybridized carbons (Fsp3) is 0.833. The Bertz CT molecular complexity index is 194. The summed E-state index contributed by atoms with van der Waals surface area (Å²) in [6, 6.07) is 0.641. The van der Waals surface area contributed by atoms with Crippen molar-refractivity contribution in [3.8, 4) is 0 Å². The molecule has 0 aliphatic heterocycles. The van der Waals surface area contributed by atoms with Gasteiger partial charge in [0.15, 0.2) is 0 Å². The Hall–Kier alpha value is -0.900. The van der Waals surface area contributed by atoms with Gasteiger partial charge >= 0.3 is 0 Å². The first-order valence-electron chi connectivity index (χ1n) is 6.27. The number of hydrogen-bond acceptors (Lipinski definition) is 3. The predicted octanol–water partition coefficient (Wildman–Crippen LogP) is 3.05. The number of hydrogen-bond donors (Lipinski definition) is 1. The molecule has 1 fully saturated rings. The predicted molar refractivity (Wildman–Crippen MR) is 68.4 cm³/mol. The zero-order valence-electron chi connectivity index (χ0n) is 11.3. The molecule has 0 unspecified atom stereocenters. The van der Waals surface area contributed by atoms with Gasteiger partial charge in [-0.25, -0.2) is 4.68 Å². The van der Waals surface area contributed by atoms with Gasteiger partial charge < -0.3 is 5.11 Å². The summed E-state index contributed by atoms with van der Waals surface area (Å²) in [4.78, 5) is 0. The van der Waals surface area contributed by atoms with Crippen LogP contribution in [0.15, 0.2) is 12.4 Å². The van der Waals surface area contributed by atoms with Gasteiger partial charge in [-0.1, -0.05) is 45.7 Å². The molecule has 16 heavy (non-hydrogen) atoms.